The van der Waals surface area contributed by atoms with Gasteiger partial charge in [0.05, 0.1) is 22.6 Å². The fourth-order valence-electron chi connectivity index (χ4n) is 3.52. The number of nitrogen functional groups attached to an aromatic ring is 1. The number of hydrogen-bond acceptors (Lipinski definition) is 4. The predicted molar refractivity (Wildman–Crippen MR) is 101 cm³/mol. The molecular formula is C20H22N4. The lowest BCUT2D eigenvalue weighted by Gasteiger charge is -2.32. The second kappa shape index (κ2) is 6.13. The number of anilines is 2. The third-order valence-electron chi connectivity index (χ3n) is 4.71. The van der Waals surface area contributed by atoms with Gasteiger partial charge in [0.15, 0.2) is 0 Å². The average Bonchev–Trinajstić information content (AvgIpc) is 2.63. The van der Waals surface area contributed by atoms with Crippen molar-refractivity contribution in [3.8, 4) is 11.3 Å². The highest BCUT2D eigenvalue weighted by Crippen LogP contribution is 2.40. The summed E-state index contributed by atoms with van der Waals surface area (Å²) < 4.78 is 0. The number of nitrogens with two attached hydrogens (primary N) is 1. The Morgan fingerprint density at radius 2 is 1.75 bits per heavy atom. The van der Waals surface area contributed by atoms with Crippen molar-refractivity contribution in [3.05, 3.63) is 54.1 Å². The first-order valence-corrected chi connectivity index (χ1v) is 8.45. The minimum absolute atomic E-state index is 0.846. The van der Waals surface area contributed by atoms with Crippen LogP contribution < -0.4 is 16.0 Å². The molecule has 4 rings (SSSR count). The van der Waals surface area contributed by atoms with E-state index < -0.39 is 0 Å². The molecule has 3 aromatic rings. The van der Waals surface area contributed by atoms with Crippen molar-refractivity contribution in [2.45, 2.75) is 6.92 Å². The zero-order valence-electron chi connectivity index (χ0n) is 13.9. The van der Waals surface area contributed by atoms with Gasteiger partial charge in [0.25, 0.3) is 0 Å². The molecule has 2 aromatic carbocycles. The van der Waals surface area contributed by atoms with Crippen molar-refractivity contribution >= 4 is 22.3 Å². The van der Waals surface area contributed by atoms with E-state index in [0.29, 0.717) is 0 Å². The summed E-state index contributed by atoms with van der Waals surface area (Å²) in [6.45, 7) is 5.94. The molecule has 4 nitrogen and oxygen atoms in total. The molecule has 0 bridgehead atoms. The van der Waals surface area contributed by atoms with E-state index in [1.165, 1.54) is 5.56 Å². The topological polar surface area (TPSA) is 54.2 Å². The largest absolute Gasteiger partial charge is 0.396 e. The first kappa shape index (κ1) is 15.0. The molecule has 0 saturated carbocycles. The molecule has 122 valence electrons. The summed E-state index contributed by atoms with van der Waals surface area (Å²) in [6, 6.07) is 16.5. The van der Waals surface area contributed by atoms with Crippen LogP contribution in [0.15, 0.2) is 48.5 Å². The minimum atomic E-state index is 0.846. The summed E-state index contributed by atoms with van der Waals surface area (Å²) in [4.78, 5) is 7.37. The normalized spacial score (nSPS) is 15.0. The van der Waals surface area contributed by atoms with Gasteiger partial charge in [0, 0.05) is 37.1 Å². The third kappa shape index (κ3) is 2.49. The van der Waals surface area contributed by atoms with Crippen molar-refractivity contribution in [3.63, 3.8) is 0 Å². The molecule has 1 fully saturated rings. The van der Waals surface area contributed by atoms with E-state index in [1.54, 1.807) is 0 Å². The molecule has 0 spiro atoms. The summed E-state index contributed by atoms with van der Waals surface area (Å²) in [6.07, 6.45) is 0. The number of hydrogen-bond donors (Lipinski definition) is 2. The summed E-state index contributed by atoms with van der Waals surface area (Å²) in [5.41, 5.74) is 12.8. The fraction of sp³-hybridized carbons (Fsp3) is 0.250. The molecule has 24 heavy (non-hydrogen) atoms. The number of piperazine rings is 1. The van der Waals surface area contributed by atoms with Crippen LogP contribution in [0.1, 0.15) is 5.56 Å². The van der Waals surface area contributed by atoms with E-state index in [1.807, 2.05) is 18.2 Å². The molecule has 3 N–H and O–H groups in total. The maximum atomic E-state index is 6.69. The Morgan fingerprint density at radius 3 is 2.50 bits per heavy atom. The molecule has 0 atom stereocenters. The lowest BCUT2D eigenvalue weighted by molar-refractivity contribution is 0.590. The van der Waals surface area contributed by atoms with Crippen LogP contribution in [0.25, 0.3) is 22.2 Å². The Balaban J connectivity index is 2.01. The second-order valence-electron chi connectivity index (χ2n) is 6.29. The highest BCUT2D eigenvalue weighted by molar-refractivity contribution is 6.03. The van der Waals surface area contributed by atoms with E-state index in [4.69, 9.17) is 10.7 Å². The highest BCUT2D eigenvalue weighted by Gasteiger charge is 2.22. The molecule has 2 heterocycles. The number of nitrogens with one attached hydrogen (secondary N) is 1. The summed E-state index contributed by atoms with van der Waals surface area (Å²) in [5, 5.41) is 4.48. The van der Waals surface area contributed by atoms with Crippen LogP contribution in [-0.4, -0.2) is 31.2 Å². The van der Waals surface area contributed by atoms with Crippen LogP contribution in [0.2, 0.25) is 0 Å². The van der Waals surface area contributed by atoms with Crippen molar-refractivity contribution in [2.24, 2.45) is 0 Å². The van der Waals surface area contributed by atoms with Gasteiger partial charge in [-0.3, -0.25) is 0 Å². The zero-order chi connectivity index (χ0) is 16.5. The lowest BCUT2D eigenvalue weighted by atomic mass is 10.0. The maximum absolute atomic E-state index is 6.69. The summed E-state index contributed by atoms with van der Waals surface area (Å²) in [7, 11) is 0. The zero-order valence-corrected chi connectivity index (χ0v) is 13.9. The standard InChI is InChI=1S/C20H22N4/c1-14-6-5-9-16-17(14)18(21)20(24-12-10-22-11-13-24)19(23-16)15-7-3-2-4-8-15/h2-9,22H,10-13H2,1H3,(H2,21,23). The molecule has 1 aromatic heterocycles. The predicted octanol–water partition coefficient (Wildman–Crippen LogP) is 3.20. The quantitative estimate of drug-likeness (QED) is 0.762. The number of nitrogens with zero attached hydrogens (tertiary/aromatic N) is 2. The molecule has 1 aliphatic heterocycles. The summed E-state index contributed by atoms with van der Waals surface area (Å²) in [5.74, 6) is 0. The number of rotatable bonds is 2. The van der Waals surface area contributed by atoms with Crippen LogP contribution in [0.5, 0.6) is 0 Å². The number of benzene rings is 2. The average molecular weight is 318 g/mol. The minimum Gasteiger partial charge on any atom is -0.396 e. The SMILES string of the molecule is Cc1cccc2nc(-c3ccccc3)c(N3CCNCC3)c(N)c12. The lowest BCUT2D eigenvalue weighted by Crippen LogP contribution is -2.44. The van der Waals surface area contributed by atoms with E-state index in [2.05, 4.69) is 47.5 Å². The Labute approximate surface area is 142 Å². The highest BCUT2D eigenvalue weighted by atomic mass is 15.2. The Bertz CT molecular complexity index is 868. The number of aryl methyl sites for hydroxylation is 1. The number of pyridine rings is 1. The van der Waals surface area contributed by atoms with Crippen LogP contribution in [0.3, 0.4) is 0 Å². The Hall–Kier alpha value is -2.59. The monoisotopic (exact) mass is 318 g/mol. The number of aromatic nitrogens is 1. The molecule has 0 aliphatic carbocycles. The Kier molecular flexibility index (Phi) is 3.82. The molecule has 0 radical (unpaired) electrons. The van der Waals surface area contributed by atoms with E-state index in [9.17, 15) is 0 Å². The van der Waals surface area contributed by atoms with Crippen molar-refractivity contribution in [1.29, 1.82) is 0 Å². The molecule has 1 aliphatic rings. The third-order valence-corrected chi connectivity index (χ3v) is 4.71. The first-order chi connectivity index (χ1) is 11.8. The van der Waals surface area contributed by atoms with E-state index in [-0.39, 0.29) is 0 Å². The van der Waals surface area contributed by atoms with Gasteiger partial charge in [0.1, 0.15) is 0 Å². The second-order valence-corrected chi connectivity index (χ2v) is 6.29. The van der Waals surface area contributed by atoms with Gasteiger partial charge in [-0.1, -0.05) is 42.5 Å². The van der Waals surface area contributed by atoms with Crippen LogP contribution in [0, 0.1) is 6.92 Å². The van der Waals surface area contributed by atoms with E-state index >= 15 is 0 Å². The fourth-order valence-corrected chi connectivity index (χ4v) is 3.52. The van der Waals surface area contributed by atoms with Crippen LogP contribution >= 0.6 is 0 Å². The van der Waals surface area contributed by atoms with Gasteiger partial charge in [-0.25, -0.2) is 4.98 Å². The molecule has 1 saturated heterocycles. The van der Waals surface area contributed by atoms with Gasteiger partial charge < -0.3 is 16.0 Å². The number of fused-ring (bicyclic) bond motifs is 1. The van der Waals surface area contributed by atoms with Gasteiger partial charge >= 0.3 is 0 Å². The Morgan fingerprint density at radius 1 is 1.00 bits per heavy atom. The summed E-state index contributed by atoms with van der Waals surface area (Å²) >= 11 is 0. The van der Waals surface area contributed by atoms with Gasteiger partial charge in [-0.15, -0.1) is 0 Å². The van der Waals surface area contributed by atoms with Gasteiger partial charge in [-0.05, 0) is 18.6 Å². The molecule has 0 amide bonds. The molecule has 0 unspecified atom stereocenters. The van der Waals surface area contributed by atoms with Crippen LogP contribution in [0.4, 0.5) is 11.4 Å². The van der Waals surface area contributed by atoms with Gasteiger partial charge in [-0.2, -0.15) is 0 Å². The van der Waals surface area contributed by atoms with Gasteiger partial charge in [0.2, 0.25) is 0 Å². The van der Waals surface area contributed by atoms with E-state index in [0.717, 1.165) is 59.7 Å². The van der Waals surface area contributed by atoms with Crippen molar-refractivity contribution < 1.29 is 0 Å². The molecular weight excluding hydrogens is 296 g/mol. The molecule has 4 heteroatoms. The van der Waals surface area contributed by atoms with Crippen molar-refractivity contribution in [1.82, 2.24) is 10.3 Å². The first-order valence-electron chi connectivity index (χ1n) is 8.45. The van der Waals surface area contributed by atoms with Crippen LogP contribution in [-0.2, 0) is 0 Å². The smallest absolute Gasteiger partial charge is 0.0964 e. The maximum Gasteiger partial charge on any atom is 0.0964 e. The van der Waals surface area contributed by atoms with Crippen molar-refractivity contribution in [2.75, 3.05) is 36.8 Å².